The molecule has 0 saturated heterocycles. The van der Waals surface area contributed by atoms with Crippen molar-refractivity contribution < 1.29 is 23.6 Å². The van der Waals surface area contributed by atoms with Crippen molar-refractivity contribution >= 4 is 17.6 Å². The fourth-order valence-electron chi connectivity index (χ4n) is 6.65. The first-order valence-electron chi connectivity index (χ1n) is 17.4. The van der Waals surface area contributed by atoms with Gasteiger partial charge in [-0.25, -0.2) is 0 Å². The van der Waals surface area contributed by atoms with E-state index in [-0.39, 0.29) is 37.5 Å². The highest BCUT2D eigenvalue weighted by atomic mass is 16.5. The summed E-state index contributed by atoms with van der Waals surface area (Å²) in [7, 11) is 0. The van der Waals surface area contributed by atoms with Crippen LogP contribution >= 0.6 is 0 Å². The predicted molar refractivity (Wildman–Crippen MR) is 195 cm³/mol. The van der Waals surface area contributed by atoms with Gasteiger partial charge in [-0.2, -0.15) is 10.2 Å². The zero-order valence-electron chi connectivity index (χ0n) is 29.0. The summed E-state index contributed by atoms with van der Waals surface area (Å²) in [4.78, 5) is 32.5. The molecule has 0 saturated carbocycles. The Morgan fingerprint density at radius 1 is 1.02 bits per heavy atom. The van der Waals surface area contributed by atoms with Crippen molar-refractivity contribution in [3.8, 4) is 46.5 Å². The molecule has 1 aliphatic heterocycles. The average Bonchev–Trinajstić information content (AvgIpc) is 3.81. The largest absolute Gasteiger partial charge is 0.490 e. The number of nitrogens with one attached hydrogen (secondary N) is 1. The van der Waals surface area contributed by atoms with E-state index in [9.17, 15) is 14.9 Å². The number of esters is 1. The van der Waals surface area contributed by atoms with Crippen LogP contribution in [0.25, 0.3) is 22.8 Å². The number of fused-ring (bicyclic) bond motifs is 3. The molecule has 1 atom stereocenters. The molecule has 52 heavy (non-hydrogen) atoms. The van der Waals surface area contributed by atoms with E-state index in [0.29, 0.717) is 41.7 Å². The molecule has 260 valence electrons. The Bertz CT molecular complexity index is 2240. The Hall–Kier alpha value is -6.23. The number of carbonyl (C=O) groups excluding carboxylic acids is 2. The van der Waals surface area contributed by atoms with Crippen LogP contribution in [-0.4, -0.2) is 41.3 Å². The van der Waals surface area contributed by atoms with Crippen molar-refractivity contribution in [2.75, 3.05) is 18.1 Å². The second-order valence-corrected chi connectivity index (χ2v) is 13.0. The first-order valence-corrected chi connectivity index (χ1v) is 17.4. The number of ether oxygens (including phenoxy) is 2. The number of para-hydroxylation sites is 1. The summed E-state index contributed by atoms with van der Waals surface area (Å²) in [5.41, 5.74) is 7.57. The maximum Gasteiger partial charge on any atom is 0.306 e. The van der Waals surface area contributed by atoms with Crippen LogP contribution in [0.3, 0.4) is 0 Å². The number of benzene rings is 4. The summed E-state index contributed by atoms with van der Waals surface area (Å²) in [6, 6.07) is 28.9. The number of hydrogen-bond acceptors (Lipinski definition) is 9. The highest BCUT2D eigenvalue weighted by Gasteiger charge is 2.27. The van der Waals surface area contributed by atoms with Gasteiger partial charge >= 0.3 is 5.97 Å². The number of nitrogens with zero attached hydrogens (tertiary/aromatic N) is 4. The number of amides is 1. The van der Waals surface area contributed by atoms with Gasteiger partial charge < -0.3 is 24.2 Å². The van der Waals surface area contributed by atoms with E-state index in [1.54, 1.807) is 23.1 Å². The van der Waals surface area contributed by atoms with Crippen LogP contribution in [0.2, 0.25) is 0 Å². The van der Waals surface area contributed by atoms with Crippen molar-refractivity contribution in [3.63, 3.8) is 0 Å². The second-order valence-electron chi connectivity index (χ2n) is 13.0. The maximum atomic E-state index is 13.5. The SMILES string of the molecule is CC(C)Oc1ccc(-c2nc(-c3cccc4c3CC[C@@H]4NCCOC(=O)CCC(=O)N3Cc4ccccc4C#Cc4ccccc43)no2)cc1C#N. The summed E-state index contributed by atoms with van der Waals surface area (Å²) < 4.78 is 16.9. The number of carbonyl (C=O) groups is 2. The molecule has 2 heterocycles. The van der Waals surface area contributed by atoms with Crippen LogP contribution in [0.4, 0.5) is 5.69 Å². The number of hydrogen-bond donors (Lipinski definition) is 1. The first-order chi connectivity index (χ1) is 25.4. The molecular weight excluding hydrogens is 654 g/mol. The molecule has 0 fully saturated rings. The third kappa shape index (κ3) is 7.44. The summed E-state index contributed by atoms with van der Waals surface area (Å²) in [6.45, 7) is 4.85. The van der Waals surface area contributed by atoms with Crippen molar-refractivity contribution in [2.24, 2.45) is 0 Å². The molecule has 1 N–H and O–H groups in total. The van der Waals surface area contributed by atoms with Gasteiger partial charge in [0.15, 0.2) is 0 Å². The molecule has 1 aromatic heterocycles. The van der Waals surface area contributed by atoms with Gasteiger partial charge in [-0.1, -0.05) is 65.5 Å². The van der Waals surface area contributed by atoms with Crippen LogP contribution in [-0.2, 0) is 27.3 Å². The summed E-state index contributed by atoms with van der Waals surface area (Å²) in [5, 5.41) is 17.4. The van der Waals surface area contributed by atoms with E-state index in [4.69, 9.17) is 14.0 Å². The fraction of sp³-hybridized carbons (Fsp3) is 0.262. The molecule has 4 aromatic carbocycles. The van der Waals surface area contributed by atoms with Crippen LogP contribution in [0.15, 0.2) is 89.5 Å². The normalized spacial score (nSPS) is 14.2. The molecule has 0 spiro atoms. The van der Waals surface area contributed by atoms with Gasteiger partial charge in [-0.3, -0.25) is 9.59 Å². The molecule has 7 rings (SSSR count). The van der Waals surface area contributed by atoms with E-state index >= 15 is 0 Å². The second kappa shape index (κ2) is 15.3. The van der Waals surface area contributed by atoms with E-state index in [1.807, 2.05) is 74.5 Å². The minimum atomic E-state index is -0.415. The molecule has 2 aliphatic rings. The zero-order valence-corrected chi connectivity index (χ0v) is 29.0. The smallest absolute Gasteiger partial charge is 0.306 e. The minimum Gasteiger partial charge on any atom is -0.490 e. The lowest BCUT2D eigenvalue weighted by Gasteiger charge is -2.26. The molecule has 5 aromatic rings. The van der Waals surface area contributed by atoms with Crippen LogP contribution in [0.1, 0.15) is 72.5 Å². The molecule has 1 amide bonds. The van der Waals surface area contributed by atoms with Crippen molar-refractivity contribution in [1.82, 2.24) is 15.5 Å². The highest BCUT2D eigenvalue weighted by molar-refractivity contribution is 5.96. The van der Waals surface area contributed by atoms with Gasteiger partial charge in [0.05, 0.1) is 30.3 Å². The lowest BCUT2D eigenvalue weighted by atomic mass is 10.0. The lowest BCUT2D eigenvalue weighted by molar-refractivity contribution is -0.144. The predicted octanol–water partition coefficient (Wildman–Crippen LogP) is 6.91. The summed E-state index contributed by atoms with van der Waals surface area (Å²) >= 11 is 0. The van der Waals surface area contributed by atoms with E-state index < -0.39 is 5.97 Å². The van der Waals surface area contributed by atoms with Crippen molar-refractivity contribution in [2.45, 2.75) is 58.2 Å². The quantitative estimate of drug-likeness (QED) is 0.0892. The van der Waals surface area contributed by atoms with Gasteiger partial charge in [0, 0.05) is 41.3 Å². The van der Waals surface area contributed by atoms with Gasteiger partial charge in [0.2, 0.25) is 11.7 Å². The van der Waals surface area contributed by atoms with Gasteiger partial charge in [-0.05, 0) is 79.8 Å². The Kier molecular flexibility index (Phi) is 10.1. The van der Waals surface area contributed by atoms with Crippen LogP contribution in [0, 0.1) is 23.2 Å². The molecule has 0 bridgehead atoms. The van der Waals surface area contributed by atoms with E-state index in [2.05, 4.69) is 39.4 Å². The topological polar surface area (TPSA) is 131 Å². The number of anilines is 1. The van der Waals surface area contributed by atoms with E-state index in [0.717, 1.165) is 51.9 Å². The van der Waals surface area contributed by atoms with Gasteiger partial charge in [-0.15, -0.1) is 0 Å². The van der Waals surface area contributed by atoms with Crippen molar-refractivity contribution in [1.29, 1.82) is 5.26 Å². The van der Waals surface area contributed by atoms with Gasteiger partial charge in [0.1, 0.15) is 18.4 Å². The fourth-order valence-corrected chi connectivity index (χ4v) is 6.65. The third-order valence-electron chi connectivity index (χ3n) is 9.12. The number of nitriles is 1. The molecule has 10 heteroatoms. The highest BCUT2D eigenvalue weighted by Crippen LogP contribution is 2.37. The molecule has 0 unspecified atom stereocenters. The molecule has 10 nitrogen and oxygen atoms in total. The number of rotatable bonds is 11. The van der Waals surface area contributed by atoms with E-state index in [1.165, 1.54) is 0 Å². The molecule has 1 aliphatic carbocycles. The maximum absolute atomic E-state index is 13.5. The molecular formula is C42H37N5O5. The number of aromatic nitrogens is 2. The third-order valence-corrected chi connectivity index (χ3v) is 9.12. The lowest BCUT2D eigenvalue weighted by Crippen LogP contribution is -2.32. The zero-order chi connectivity index (χ0) is 36.0. The standard InChI is InChI=1S/C42H37N5O5/c1-27(2)51-38-19-16-30(24-32(38)25-43)42-45-41(46-52-42)35-12-7-11-34-33(35)17-18-36(34)44-22-23-50-40(49)21-20-39(48)47-26-31-10-4-3-8-28(31)14-15-29-9-5-6-13-37(29)47/h3-13,16,19,24,27,36,44H,17-18,20-23,26H2,1-2H3/t36-/m0/s1. The molecule has 0 radical (unpaired) electrons. The van der Waals surface area contributed by atoms with Gasteiger partial charge in [0.25, 0.3) is 5.89 Å². The minimum absolute atomic E-state index is 0.0131. The Labute approximate surface area is 302 Å². The summed E-state index contributed by atoms with van der Waals surface area (Å²) in [6.07, 6.45) is 1.65. The Balaban J connectivity index is 0.925. The van der Waals surface area contributed by atoms with Crippen LogP contribution < -0.4 is 15.0 Å². The first kappa shape index (κ1) is 34.2. The summed E-state index contributed by atoms with van der Waals surface area (Å²) in [5.74, 6) is 7.16. The van der Waals surface area contributed by atoms with Crippen LogP contribution in [0.5, 0.6) is 5.75 Å². The Morgan fingerprint density at radius 2 is 1.83 bits per heavy atom. The average molecular weight is 692 g/mol. The van der Waals surface area contributed by atoms with Crippen molar-refractivity contribution in [3.05, 3.63) is 118 Å². The Morgan fingerprint density at radius 3 is 2.67 bits per heavy atom. The monoisotopic (exact) mass is 691 g/mol.